The van der Waals surface area contributed by atoms with Crippen LogP contribution in [0.4, 0.5) is 0 Å². The first-order valence-corrected chi connectivity index (χ1v) is 4.77. The smallest absolute Gasteiger partial charge is 0.500 e. The number of imidazole rings is 1. The van der Waals surface area contributed by atoms with Gasteiger partial charge in [0, 0.05) is 12.1 Å². The Labute approximate surface area is 96.9 Å². The lowest BCUT2D eigenvalue weighted by atomic mass is 10.2. The van der Waals surface area contributed by atoms with Gasteiger partial charge < -0.3 is 24.6 Å². The lowest BCUT2D eigenvalue weighted by Crippen LogP contribution is -2.27. The quantitative estimate of drug-likeness (QED) is 0.481. The molecule has 0 fully saturated rings. The van der Waals surface area contributed by atoms with Gasteiger partial charge in [-0.05, 0) is 4.73 Å². The van der Waals surface area contributed by atoms with Crippen LogP contribution in [0, 0.1) is 5.21 Å². The highest BCUT2D eigenvalue weighted by atomic mass is 16.6. The number of methoxy groups -OCH3 is 3. The van der Waals surface area contributed by atoms with Crippen molar-refractivity contribution in [3.05, 3.63) is 17.3 Å². The standard InChI is InChI=1S/C10H12N2O5/c1-15-6-4-7-9(8(5-6)16-2)12(14)10(17-3)11(7)13/h4-5,14H,1-3H3. The maximum absolute atomic E-state index is 11.8. The van der Waals surface area contributed by atoms with Crippen molar-refractivity contribution in [1.82, 2.24) is 4.73 Å². The van der Waals surface area contributed by atoms with Gasteiger partial charge in [0.15, 0.2) is 11.3 Å². The fourth-order valence-corrected chi connectivity index (χ4v) is 1.66. The molecular formula is C10H12N2O5. The van der Waals surface area contributed by atoms with E-state index in [0.29, 0.717) is 21.0 Å². The van der Waals surface area contributed by atoms with E-state index < -0.39 is 0 Å². The van der Waals surface area contributed by atoms with Crippen LogP contribution in [0.25, 0.3) is 11.0 Å². The molecule has 0 bridgehead atoms. The predicted molar refractivity (Wildman–Crippen MR) is 57.7 cm³/mol. The summed E-state index contributed by atoms with van der Waals surface area (Å²) in [6.07, 6.45) is 0. The molecule has 2 rings (SSSR count). The van der Waals surface area contributed by atoms with Crippen LogP contribution in [0.15, 0.2) is 12.1 Å². The SMILES string of the molecule is COc1cc(OC)c2c(c1)[n+]([O-])c(OC)n2O. The van der Waals surface area contributed by atoms with Crippen LogP contribution in [0.2, 0.25) is 0 Å². The third-order valence-electron chi connectivity index (χ3n) is 2.45. The molecule has 1 aromatic heterocycles. The summed E-state index contributed by atoms with van der Waals surface area (Å²) in [6, 6.07) is 2.81. The molecule has 0 aliphatic rings. The number of hydrogen-bond donors (Lipinski definition) is 1. The Kier molecular flexibility index (Phi) is 2.58. The third-order valence-corrected chi connectivity index (χ3v) is 2.45. The molecule has 0 radical (unpaired) electrons. The minimum absolute atomic E-state index is 0.195. The van der Waals surface area contributed by atoms with Crippen LogP contribution in [0.1, 0.15) is 0 Å². The minimum atomic E-state index is -0.244. The van der Waals surface area contributed by atoms with Crippen molar-refractivity contribution >= 4 is 11.0 Å². The Balaban J connectivity index is 2.87. The number of rotatable bonds is 3. The van der Waals surface area contributed by atoms with Crippen LogP contribution < -0.4 is 18.9 Å². The second-order valence-electron chi connectivity index (χ2n) is 3.29. The highest BCUT2D eigenvalue weighted by molar-refractivity contribution is 5.81. The summed E-state index contributed by atoms with van der Waals surface area (Å²) in [5.41, 5.74) is 0.417. The van der Waals surface area contributed by atoms with E-state index in [-0.39, 0.29) is 17.0 Å². The van der Waals surface area contributed by atoms with E-state index >= 15 is 0 Å². The predicted octanol–water partition coefficient (Wildman–Crippen LogP) is 0.538. The van der Waals surface area contributed by atoms with Gasteiger partial charge in [-0.15, -0.1) is 0 Å². The van der Waals surface area contributed by atoms with Gasteiger partial charge in [0.05, 0.1) is 21.3 Å². The lowest BCUT2D eigenvalue weighted by Gasteiger charge is -2.04. The molecule has 7 nitrogen and oxygen atoms in total. The fourth-order valence-electron chi connectivity index (χ4n) is 1.66. The monoisotopic (exact) mass is 240 g/mol. The third kappa shape index (κ3) is 1.47. The Morgan fingerprint density at radius 2 is 1.88 bits per heavy atom. The number of hydrogen-bond acceptors (Lipinski definition) is 5. The van der Waals surface area contributed by atoms with E-state index in [9.17, 15) is 10.4 Å². The fraction of sp³-hybridized carbons (Fsp3) is 0.300. The zero-order chi connectivity index (χ0) is 12.6. The first kappa shape index (κ1) is 11.2. The highest BCUT2D eigenvalue weighted by Gasteiger charge is 2.27. The topological polar surface area (TPSA) is 79.8 Å². The Morgan fingerprint density at radius 3 is 2.41 bits per heavy atom. The van der Waals surface area contributed by atoms with Gasteiger partial charge in [-0.1, -0.05) is 0 Å². The lowest BCUT2D eigenvalue weighted by molar-refractivity contribution is -0.587. The molecule has 0 amide bonds. The number of fused-ring (bicyclic) bond motifs is 1. The van der Waals surface area contributed by atoms with Gasteiger partial charge in [0.1, 0.15) is 5.75 Å². The largest absolute Gasteiger partial charge is 0.708 e. The van der Waals surface area contributed by atoms with E-state index in [1.807, 2.05) is 0 Å². The van der Waals surface area contributed by atoms with Crippen molar-refractivity contribution in [1.29, 1.82) is 0 Å². The summed E-state index contributed by atoms with van der Waals surface area (Å²) in [6.45, 7) is 0. The molecule has 0 spiro atoms. The van der Waals surface area contributed by atoms with Gasteiger partial charge in [-0.3, -0.25) is 0 Å². The van der Waals surface area contributed by atoms with E-state index in [2.05, 4.69) is 0 Å². The molecule has 1 aromatic carbocycles. The van der Waals surface area contributed by atoms with Crippen molar-refractivity contribution in [2.75, 3.05) is 21.3 Å². The van der Waals surface area contributed by atoms with Gasteiger partial charge in [0.2, 0.25) is 0 Å². The molecule has 1 N–H and O–H groups in total. The van der Waals surface area contributed by atoms with Crippen molar-refractivity contribution < 1.29 is 24.1 Å². The number of aromatic nitrogens is 2. The molecule has 0 atom stereocenters. The van der Waals surface area contributed by atoms with Gasteiger partial charge in [-0.2, -0.15) is 4.73 Å². The molecule has 1 heterocycles. The molecule has 0 saturated carbocycles. The molecule has 2 aromatic rings. The summed E-state index contributed by atoms with van der Waals surface area (Å²) in [4.78, 5) is 0. The molecule has 0 aliphatic heterocycles. The van der Waals surface area contributed by atoms with Crippen molar-refractivity contribution in [2.24, 2.45) is 0 Å². The molecule has 17 heavy (non-hydrogen) atoms. The van der Waals surface area contributed by atoms with Crippen molar-refractivity contribution in [3.63, 3.8) is 0 Å². The van der Waals surface area contributed by atoms with Gasteiger partial charge in [-0.25, -0.2) is 0 Å². The summed E-state index contributed by atoms with van der Waals surface area (Å²) in [5.74, 6) is 0.766. The molecule has 0 unspecified atom stereocenters. The normalized spacial score (nSPS) is 10.5. The van der Waals surface area contributed by atoms with E-state index in [0.717, 1.165) is 0 Å². The van der Waals surface area contributed by atoms with E-state index in [4.69, 9.17) is 14.2 Å². The van der Waals surface area contributed by atoms with Crippen molar-refractivity contribution in [2.45, 2.75) is 0 Å². The van der Waals surface area contributed by atoms with Crippen LogP contribution in [-0.2, 0) is 0 Å². The Morgan fingerprint density at radius 1 is 1.18 bits per heavy atom. The number of benzene rings is 1. The van der Waals surface area contributed by atoms with E-state index in [1.54, 1.807) is 6.07 Å². The van der Waals surface area contributed by atoms with E-state index in [1.165, 1.54) is 27.4 Å². The molecule has 92 valence electrons. The minimum Gasteiger partial charge on any atom is -0.708 e. The average molecular weight is 240 g/mol. The molecule has 0 saturated heterocycles. The van der Waals surface area contributed by atoms with Crippen LogP contribution in [0.3, 0.4) is 0 Å². The number of ether oxygens (including phenoxy) is 3. The van der Waals surface area contributed by atoms with Gasteiger partial charge >= 0.3 is 6.01 Å². The van der Waals surface area contributed by atoms with Crippen molar-refractivity contribution in [3.8, 4) is 17.5 Å². The van der Waals surface area contributed by atoms with Crippen LogP contribution >= 0.6 is 0 Å². The molecular weight excluding hydrogens is 228 g/mol. The highest BCUT2D eigenvalue weighted by Crippen LogP contribution is 2.31. The van der Waals surface area contributed by atoms with Crippen LogP contribution in [-0.4, -0.2) is 31.3 Å². The second-order valence-corrected chi connectivity index (χ2v) is 3.29. The van der Waals surface area contributed by atoms with Crippen LogP contribution in [0.5, 0.6) is 17.5 Å². The first-order chi connectivity index (χ1) is 8.13. The molecule has 0 aliphatic carbocycles. The summed E-state index contributed by atoms with van der Waals surface area (Å²) in [5, 5.41) is 21.6. The maximum atomic E-state index is 11.8. The Hall–Kier alpha value is -2.31. The maximum Gasteiger partial charge on any atom is 0.500 e. The number of nitrogens with zero attached hydrogens (tertiary/aromatic N) is 2. The van der Waals surface area contributed by atoms with Gasteiger partial charge in [0.25, 0.3) is 5.52 Å². The second kappa shape index (κ2) is 3.93. The summed E-state index contributed by atoms with van der Waals surface area (Å²) in [7, 11) is 4.20. The molecule has 7 heteroatoms. The zero-order valence-corrected chi connectivity index (χ0v) is 9.63. The Bertz CT molecular complexity index is 564. The zero-order valence-electron chi connectivity index (χ0n) is 9.63. The summed E-state index contributed by atoms with van der Waals surface area (Å²) < 4.78 is 16.0. The average Bonchev–Trinajstić information content (AvgIpc) is 2.60. The summed E-state index contributed by atoms with van der Waals surface area (Å²) >= 11 is 0. The first-order valence-electron chi connectivity index (χ1n) is 4.77.